The molecule has 0 spiro atoms. The monoisotopic (exact) mass is 488 g/mol. The number of hydrogen-bond donors (Lipinski definition) is 0. The number of halogens is 1. The minimum absolute atomic E-state index is 0.238. The molecule has 0 aliphatic carbocycles. The normalized spacial score (nSPS) is 11.1. The maximum absolute atomic E-state index is 15.2. The summed E-state index contributed by atoms with van der Waals surface area (Å²) in [6.45, 7) is 4.28. The van der Waals surface area contributed by atoms with Crippen molar-refractivity contribution in [1.29, 1.82) is 0 Å². The molecule has 0 nitrogen and oxygen atoms in total. The van der Waals surface area contributed by atoms with Crippen LogP contribution in [-0.4, -0.2) is 0 Å². The molecule has 0 fully saturated rings. The summed E-state index contributed by atoms with van der Waals surface area (Å²) in [6.07, 6.45) is 13.2. The van der Waals surface area contributed by atoms with Gasteiger partial charge >= 0.3 is 0 Å². The Balaban J connectivity index is 1.39. The third-order valence-electron chi connectivity index (χ3n) is 6.94. The van der Waals surface area contributed by atoms with Crippen LogP contribution in [0.15, 0.2) is 91.0 Å². The van der Waals surface area contributed by atoms with Crippen molar-refractivity contribution in [1.82, 2.24) is 0 Å². The van der Waals surface area contributed by atoms with Crippen LogP contribution in [0.3, 0.4) is 0 Å². The molecule has 0 atom stereocenters. The van der Waals surface area contributed by atoms with Gasteiger partial charge in [-0.15, -0.1) is 0 Å². The maximum atomic E-state index is 15.2. The van der Waals surface area contributed by atoms with Crippen LogP contribution < -0.4 is 0 Å². The highest BCUT2D eigenvalue weighted by Gasteiger charge is 2.07. The van der Waals surface area contributed by atoms with Crippen molar-refractivity contribution >= 4 is 10.8 Å². The second kappa shape index (κ2) is 13.6. The minimum Gasteiger partial charge on any atom is -0.205 e. The summed E-state index contributed by atoms with van der Waals surface area (Å²) in [6, 6.07) is 27.1. The fourth-order valence-corrected chi connectivity index (χ4v) is 4.64. The van der Waals surface area contributed by atoms with Crippen LogP contribution in [0, 0.1) is 17.7 Å². The molecule has 4 aromatic carbocycles. The van der Waals surface area contributed by atoms with E-state index < -0.39 is 0 Å². The highest BCUT2D eigenvalue weighted by molar-refractivity contribution is 5.85. The summed E-state index contributed by atoms with van der Waals surface area (Å²) in [4.78, 5) is 0. The molecule has 0 heterocycles. The molecule has 0 N–H and O–H groups in total. The van der Waals surface area contributed by atoms with E-state index in [2.05, 4.69) is 73.4 Å². The molecule has 0 bridgehead atoms. The first kappa shape index (κ1) is 26.4. The number of rotatable bonds is 10. The van der Waals surface area contributed by atoms with E-state index in [0.29, 0.717) is 10.9 Å². The molecule has 188 valence electrons. The Morgan fingerprint density at radius 2 is 1.32 bits per heavy atom. The van der Waals surface area contributed by atoms with Gasteiger partial charge in [-0.3, -0.25) is 0 Å². The zero-order valence-electron chi connectivity index (χ0n) is 22.2. The van der Waals surface area contributed by atoms with Gasteiger partial charge in [0, 0.05) is 10.9 Å². The molecular weight excluding hydrogens is 451 g/mol. The summed E-state index contributed by atoms with van der Waals surface area (Å²) >= 11 is 0. The van der Waals surface area contributed by atoms with Crippen LogP contribution in [0.2, 0.25) is 0 Å². The molecule has 0 aliphatic rings. The summed E-state index contributed by atoms with van der Waals surface area (Å²) in [7, 11) is 0. The van der Waals surface area contributed by atoms with E-state index in [4.69, 9.17) is 0 Å². The van der Waals surface area contributed by atoms with E-state index in [1.54, 1.807) is 6.07 Å². The summed E-state index contributed by atoms with van der Waals surface area (Å²) in [5, 5.41) is 1.56. The molecule has 0 aliphatic heterocycles. The zero-order chi connectivity index (χ0) is 25.9. The summed E-state index contributed by atoms with van der Waals surface area (Å²) in [5.41, 5.74) is 6.63. The Bertz CT molecular complexity index is 1380. The largest absolute Gasteiger partial charge is 0.205 e. The van der Waals surface area contributed by atoms with Gasteiger partial charge in [-0.2, -0.15) is 0 Å². The number of fused-ring (bicyclic) bond motifs is 1. The van der Waals surface area contributed by atoms with Crippen LogP contribution in [0.25, 0.3) is 10.8 Å². The number of hydrogen-bond acceptors (Lipinski definition) is 0. The van der Waals surface area contributed by atoms with E-state index in [9.17, 15) is 0 Å². The Morgan fingerprint density at radius 1 is 0.676 bits per heavy atom. The first-order valence-electron chi connectivity index (χ1n) is 13.7. The van der Waals surface area contributed by atoms with Crippen LogP contribution >= 0.6 is 0 Å². The standard InChI is InChI=1S/C36H37F/c1-3-5-7-9-28-11-15-30(16-12-28)19-20-32-22-26-35-34(27-32)25-24-33(36(35)37)23-21-31-17-13-29(14-18-31)10-8-6-4-2/h4,6,11-18,22,24-27H,3,5,7-10,19-20H2,1-2H3/b6-4+. The van der Waals surface area contributed by atoms with Crippen LogP contribution in [-0.2, 0) is 25.7 Å². The molecule has 0 saturated heterocycles. The first-order valence-corrected chi connectivity index (χ1v) is 13.7. The number of aryl methyl sites for hydroxylation is 4. The molecule has 1 heteroatoms. The average Bonchev–Trinajstić information content (AvgIpc) is 2.93. The van der Waals surface area contributed by atoms with E-state index in [1.165, 1.54) is 47.9 Å². The van der Waals surface area contributed by atoms with Crippen molar-refractivity contribution in [2.24, 2.45) is 0 Å². The Kier molecular flexibility index (Phi) is 9.73. The molecule has 4 rings (SSSR count). The third-order valence-corrected chi connectivity index (χ3v) is 6.94. The van der Waals surface area contributed by atoms with E-state index in [1.807, 2.05) is 37.3 Å². The lowest BCUT2D eigenvalue weighted by Gasteiger charge is -2.07. The first-order chi connectivity index (χ1) is 18.2. The van der Waals surface area contributed by atoms with Crippen molar-refractivity contribution in [2.75, 3.05) is 0 Å². The van der Waals surface area contributed by atoms with Crippen LogP contribution in [0.5, 0.6) is 0 Å². The molecule has 4 aromatic rings. The van der Waals surface area contributed by atoms with Gasteiger partial charge in [0.1, 0.15) is 5.82 Å². The summed E-state index contributed by atoms with van der Waals surface area (Å²) in [5.74, 6) is 5.93. The van der Waals surface area contributed by atoms with E-state index in [0.717, 1.165) is 36.6 Å². The predicted octanol–water partition coefficient (Wildman–Crippen LogP) is 9.41. The van der Waals surface area contributed by atoms with Crippen molar-refractivity contribution in [3.05, 3.63) is 130 Å². The van der Waals surface area contributed by atoms with Crippen molar-refractivity contribution in [2.45, 2.75) is 65.2 Å². The second-order valence-electron chi connectivity index (χ2n) is 9.81. The smallest absolute Gasteiger partial charge is 0.146 e. The van der Waals surface area contributed by atoms with Gasteiger partial charge in [0.05, 0.1) is 5.56 Å². The maximum Gasteiger partial charge on any atom is 0.146 e. The quantitative estimate of drug-likeness (QED) is 0.118. The number of benzene rings is 4. The SMILES string of the molecule is C/C=C/CCc1ccc(C#Cc2ccc3cc(CCc4ccc(CCCCC)cc4)ccc3c2F)cc1. The molecular formula is C36H37F. The van der Waals surface area contributed by atoms with Crippen LogP contribution in [0.1, 0.15) is 72.9 Å². The molecule has 0 aromatic heterocycles. The fourth-order valence-electron chi connectivity index (χ4n) is 4.64. The lowest BCUT2D eigenvalue weighted by molar-refractivity contribution is 0.636. The molecule has 37 heavy (non-hydrogen) atoms. The van der Waals surface area contributed by atoms with Crippen molar-refractivity contribution in [3.63, 3.8) is 0 Å². The molecule has 0 unspecified atom stereocenters. The molecule has 0 saturated carbocycles. The van der Waals surface area contributed by atoms with E-state index in [-0.39, 0.29) is 5.82 Å². The lowest BCUT2D eigenvalue weighted by atomic mass is 9.98. The summed E-state index contributed by atoms with van der Waals surface area (Å²) < 4.78 is 15.2. The molecule has 0 amide bonds. The predicted molar refractivity (Wildman–Crippen MR) is 157 cm³/mol. The van der Waals surface area contributed by atoms with Gasteiger partial charge in [-0.1, -0.05) is 104 Å². The lowest BCUT2D eigenvalue weighted by Crippen LogP contribution is -1.94. The van der Waals surface area contributed by atoms with Gasteiger partial charge in [0.25, 0.3) is 0 Å². The van der Waals surface area contributed by atoms with Gasteiger partial charge in [0.2, 0.25) is 0 Å². The van der Waals surface area contributed by atoms with Gasteiger partial charge in [-0.25, -0.2) is 4.39 Å². The Labute approximate surface area is 222 Å². The minimum atomic E-state index is -0.238. The van der Waals surface area contributed by atoms with Crippen LogP contribution in [0.4, 0.5) is 4.39 Å². The number of allylic oxidation sites excluding steroid dienone is 2. The van der Waals surface area contributed by atoms with Gasteiger partial charge < -0.3 is 0 Å². The third kappa shape index (κ3) is 7.68. The Hall–Kier alpha value is -3.63. The van der Waals surface area contributed by atoms with Gasteiger partial charge in [0.15, 0.2) is 0 Å². The fraction of sp³-hybridized carbons (Fsp3) is 0.278. The highest BCUT2D eigenvalue weighted by Crippen LogP contribution is 2.23. The van der Waals surface area contributed by atoms with E-state index >= 15 is 4.39 Å². The second-order valence-corrected chi connectivity index (χ2v) is 9.81. The average molecular weight is 489 g/mol. The topological polar surface area (TPSA) is 0 Å². The Morgan fingerprint density at radius 3 is 2.05 bits per heavy atom. The van der Waals surface area contributed by atoms with Crippen molar-refractivity contribution < 1.29 is 4.39 Å². The number of unbranched alkanes of at least 4 members (excludes halogenated alkanes) is 2. The zero-order valence-corrected chi connectivity index (χ0v) is 22.2. The molecule has 0 radical (unpaired) electrons. The van der Waals surface area contributed by atoms with Gasteiger partial charge in [-0.05, 0) is 91.3 Å². The van der Waals surface area contributed by atoms with Crippen molar-refractivity contribution in [3.8, 4) is 11.8 Å². The highest BCUT2D eigenvalue weighted by atomic mass is 19.1.